The summed E-state index contributed by atoms with van der Waals surface area (Å²) in [5, 5.41) is 6.59. The van der Waals surface area contributed by atoms with Gasteiger partial charge < -0.3 is 10.6 Å². The van der Waals surface area contributed by atoms with Gasteiger partial charge in [-0.25, -0.2) is 15.0 Å². The topological polar surface area (TPSA) is 106 Å². The Morgan fingerprint density at radius 2 is 1.76 bits per heavy atom. The largest absolute Gasteiger partial charge is 0.364 e. The van der Waals surface area contributed by atoms with E-state index in [0.29, 0.717) is 17.1 Å². The fourth-order valence-corrected chi connectivity index (χ4v) is 3.66. The molecule has 0 bridgehead atoms. The lowest BCUT2D eigenvalue weighted by molar-refractivity contribution is 0.0931. The first-order valence-electron chi connectivity index (χ1n) is 9.72. The van der Waals surface area contributed by atoms with Crippen LogP contribution in [0, 0.1) is 13.8 Å². The molecule has 1 aliphatic rings. The van der Waals surface area contributed by atoms with E-state index >= 15 is 0 Å². The molecule has 2 N–H and O–H groups in total. The molecule has 2 atom stereocenters. The lowest BCUT2D eigenvalue weighted by atomic mass is 10.1. The highest BCUT2D eigenvalue weighted by Crippen LogP contribution is 2.25. The number of amides is 1. The Kier molecular flexibility index (Phi) is 5.41. The fraction of sp³-hybridized carbons (Fsp3) is 0.333. The number of pyridine rings is 1. The average Bonchev–Trinajstić information content (AvgIpc) is 3.17. The maximum Gasteiger partial charge on any atom is 0.270 e. The monoisotopic (exact) mass is 389 g/mol. The minimum absolute atomic E-state index is 0.0171. The summed E-state index contributed by atoms with van der Waals surface area (Å²) in [5.41, 5.74) is 2.69. The van der Waals surface area contributed by atoms with Crippen molar-refractivity contribution in [3.05, 3.63) is 60.1 Å². The zero-order valence-electron chi connectivity index (χ0n) is 16.5. The fourth-order valence-electron chi connectivity index (χ4n) is 3.66. The highest BCUT2D eigenvalue weighted by Gasteiger charge is 2.30. The van der Waals surface area contributed by atoms with Crippen molar-refractivity contribution in [2.24, 2.45) is 0 Å². The van der Waals surface area contributed by atoms with Crippen molar-refractivity contribution in [2.75, 3.05) is 5.32 Å². The van der Waals surface area contributed by atoms with Crippen molar-refractivity contribution in [3.63, 3.8) is 0 Å². The van der Waals surface area contributed by atoms with Gasteiger partial charge in [-0.1, -0.05) is 0 Å². The van der Waals surface area contributed by atoms with Crippen LogP contribution < -0.4 is 10.6 Å². The van der Waals surface area contributed by atoms with Gasteiger partial charge in [0.25, 0.3) is 5.91 Å². The number of rotatable bonds is 5. The second kappa shape index (κ2) is 8.30. The lowest BCUT2D eigenvalue weighted by Gasteiger charge is -2.23. The first-order valence-corrected chi connectivity index (χ1v) is 9.72. The Morgan fingerprint density at radius 3 is 2.55 bits per heavy atom. The highest BCUT2D eigenvalue weighted by atomic mass is 16.2. The summed E-state index contributed by atoms with van der Waals surface area (Å²) in [6, 6.07) is 5.41. The van der Waals surface area contributed by atoms with Crippen LogP contribution in [0.3, 0.4) is 0 Å². The molecule has 3 aromatic rings. The summed E-state index contributed by atoms with van der Waals surface area (Å²) in [5.74, 6) is 1.02. The van der Waals surface area contributed by atoms with Crippen LogP contribution in [-0.2, 0) is 0 Å². The molecule has 0 radical (unpaired) electrons. The van der Waals surface area contributed by atoms with Gasteiger partial charge in [0.15, 0.2) is 5.82 Å². The summed E-state index contributed by atoms with van der Waals surface area (Å²) >= 11 is 0. The lowest BCUT2D eigenvalue weighted by Crippen LogP contribution is -2.44. The van der Waals surface area contributed by atoms with Gasteiger partial charge in [0.1, 0.15) is 11.5 Å². The Balaban J connectivity index is 1.51. The SMILES string of the molecule is Cc1cnc(N[C@H]2CCC[C@@H]2NC(=O)c2ncccc2-c2ncccn2)c(C)n1. The van der Waals surface area contributed by atoms with Crippen molar-refractivity contribution in [1.29, 1.82) is 0 Å². The average molecular weight is 389 g/mol. The van der Waals surface area contributed by atoms with Gasteiger partial charge in [0.05, 0.1) is 23.1 Å². The van der Waals surface area contributed by atoms with Gasteiger partial charge in [-0.15, -0.1) is 0 Å². The van der Waals surface area contributed by atoms with Crippen LogP contribution in [0.1, 0.15) is 41.1 Å². The number of nitrogens with one attached hydrogen (secondary N) is 2. The number of hydrogen-bond donors (Lipinski definition) is 2. The quantitative estimate of drug-likeness (QED) is 0.691. The standard InChI is InChI=1S/C21H23N7O/c1-13-12-25-19(14(2)26-13)27-16-7-3-8-17(16)28-21(29)18-15(6-4-9-22-18)20-23-10-5-11-24-20/h4-6,9-12,16-17H,3,7-8H2,1-2H3,(H,25,27)(H,28,29)/t16-,17-/m0/s1. The summed E-state index contributed by atoms with van der Waals surface area (Å²) in [6.45, 7) is 3.86. The van der Waals surface area contributed by atoms with Gasteiger partial charge in [0, 0.05) is 30.7 Å². The summed E-state index contributed by atoms with van der Waals surface area (Å²) in [4.78, 5) is 34.7. The first-order chi connectivity index (χ1) is 14.1. The van der Waals surface area contributed by atoms with E-state index in [4.69, 9.17) is 0 Å². The van der Waals surface area contributed by atoms with Crippen molar-refractivity contribution in [1.82, 2.24) is 30.2 Å². The summed E-state index contributed by atoms with van der Waals surface area (Å²) in [7, 11) is 0. The normalized spacial score (nSPS) is 18.4. The predicted molar refractivity (Wildman–Crippen MR) is 109 cm³/mol. The Morgan fingerprint density at radius 1 is 1.00 bits per heavy atom. The molecular weight excluding hydrogens is 366 g/mol. The Hall–Kier alpha value is -3.42. The molecule has 4 rings (SSSR count). The van der Waals surface area contributed by atoms with E-state index in [2.05, 4.69) is 35.6 Å². The smallest absolute Gasteiger partial charge is 0.270 e. The predicted octanol–water partition coefficient (Wildman–Crippen LogP) is 2.71. The zero-order chi connectivity index (χ0) is 20.2. The third-order valence-corrected chi connectivity index (χ3v) is 5.05. The molecule has 0 aliphatic heterocycles. The van der Waals surface area contributed by atoms with Crippen LogP contribution in [0.2, 0.25) is 0 Å². The van der Waals surface area contributed by atoms with Crippen molar-refractivity contribution >= 4 is 11.7 Å². The third kappa shape index (κ3) is 4.21. The zero-order valence-corrected chi connectivity index (χ0v) is 16.5. The van der Waals surface area contributed by atoms with E-state index < -0.39 is 0 Å². The van der Waals surface area contributed by atoms with Gasteiger partial charge in [-0.3, -0.25) is 14.8 Å². The van der Waals surface area contributed by atoms with Gasteiger partial charge in [-0.05, 0) is 51.3 Å². The van der Waals surface area contributed by atoms with Crippen LogP contribution in [0.15, 0.2) is 43.0 Å². The molecule has 0 aromatic carbocycles. The first kappa shape index (κ1) is 18.9. The molecule has 1 amide bonds. The molecule has 1 fully saturated rings. The van der Waals surface area contributed by atoms with Gasteiger partial charge in [0.2, 0.25) is 0 Å². The van der Waals surface area contributed by atoms with Crippen LogP contribution in [-0.4, -0.2) is 42.9 Å². The maximum atomic E-state index is 13.0. The molecule has 0 spiro atoms. The Labute approximate surface area is 169 Å². The molecule has 8 nitrogen and oxygen atoms in total. The van der Waals surface area contributed by atoms with E-state index in [1.807, 2.05) is 19.9 Å². The van der Waals surface area contributed by atoms with E-state index in [9.17, 15) is 4.79 Å². The van der Waals surface area contributed by atoms with Crippen LogP contribution in [0.4, 0.5) is 5.82 Å². The molecule has 3 aromatic heterocycles. The van der Waals surface area contributed by atoms with Crippen LogP contribution in [0.25, 0.3) is 11.4 Å². The molecule has 29 heavy (non-hydrogen) atoms. The second-order valence-electron chi connectivity index (χ2n) is 7.18. The number of hydrogen-bond acceptors (Lipinski definition) is 7. The van der Waals surface area contributed by atoms with E-state index in [1.54, 1.807) is 36.9 Å². The molecule has 3 heterocycles. The molecule has 0 unspecified atom stereocenters. The molecule has 8 heteroatoms. The molecule has 1 saturated carbocycles. The van der Waals surface area contributed by atoms with Crippen molar-refractivity contribution in [2.45, 2.75) is 45.2 Å². The highest BCUT2D eigenvalue weighted by molar-refractivity contribution is 5.98. The summed E-state index contributed by atoms with van der Waals surface area (Å²) in [6.07, 6.45) is 9.53. The number of aromatic nitrogens is 5. The second-order valence-corrected chi connectivity index (χ2v) is 7.18. The molecule has 1 aliphatic carbocycles. The number of aryl methyl sites for hydroxylation is 2. The maximum absolute atomic E-state index is 13.0. The van der Waals surface area contributed by atoms with E-state index in [-0.39, 0.29) is 18.0 Å². The Bertz CT molecular complexity index is 1010. The number of carbonyl (C=O) groups is 1. The molecule has 0 saturated heterocycles. The number of nitrogens with zero attached hydrogens (tertiary/aromatic N) is 5. The van der Waals surface area contributed by atoms with Crippen molar-refractivity contribution in [3.8, 4) is 11.4 Å². The molecular formula is C21H23N7O. The van der Waals surface area contributed by atoms with E-state index in [1.165, 1.54) is 0 Å². The van der Waals surface area contributed by atoms with Gasteiger partial charge >= 0.3 is 0 Å². The number of carbonyl (C=O) groups excluding carboxylic acids is 1. The van der Waals surface area contributed by atoms with Crippen LogP contribution in [0.5, 0.6) is 0 Å². The van der Waals surface area contributed by atoms with E-state index in [0.717, 1.165) is 36.5 Å². The van der Waals surface area contributed by atoms with Crippen LogP contribution >= 0.6 is 0 Å². The van der Waals surface area contributed by atoms with Gasteiger partial charge in [-0.2, -0.15) is 0 Å². The number of anilines is 1. The third-order valence-electron chi connectivity index (χ3n) is 5.05. The summed E-state index contributed by atoms with van der Waals surface area (Å²) < 4.78 is 0. The molecule has 148 valence electrons. The minimum atomic E-state index is -0.224. The minimum Gasteiger partial charge on any atom is -0.364 e. The van der Waals surface area contributed by atoms with Crippen molar-refractivity contribution < 1.29 is 4.79 Å².